The van der Waals surface area contributed by atoms with Crippen LogP contribution < -0.4 is 10.2 Å². The SMILES string of the molecule is Cc1ccc(Nc2cc(N(C)c3ccccc3)ncn2)cc1C. The number of aromatic nitrogens is 2. The maximum absolute atomic E-state index is 4.36. The Morgan fingerprint density at radius 1 is 0.870 bits per heavy atom. The first-order valence-electron chi connectivity index (χ1n) is 7.58. The number of nitrogens with one attached hydrogen (secondary N) is 1. The number of rotatable bonds is 4. The summed E-state index contributed by atoms with van der Waals surface area (Å²) in [5.74, 6) is 1.62. The van der Waals surface area contributed by atoms with Crippen LogP contribution in [-0.2, 0) is 0 Å². The van der Waals surface area contributed by atoms with E-state index in [2.05, 4.69) is 59.5 Å². The van der Waals surface area contributed by atoms with E-state index in [1.807, 2.05) is 36.2 Å². The second-order valence-corrected chi connectivity index (χ2v) is 5.58. The third-order valence-corrected chi connectivity index (χ3v) is 3.92. The molecular formula is C19H20N4. The molecule has 0 radical (unpaired) electrons. The summed E-state index contributed by atoms with van der Waals surface area (Å²) in [6.07, 6.45) is 1.58. The Kier molecular flexibility index (Phi) is 4.24. The molecule has 0 unspecified atom stereocenters. The first-order valence-corrected chi connectivity index (χ1v) is 7.58. The summed E-state index contributed by atoms with van der Waals surface area (Å²) in [6.45, 7) is 4.21. The van der Waals surface area contributed by atoms with Crippen molar-refractivity contribution in [2.24, 2.45) is 0 Å². The molecule has 0 atom stereocenters. The minimum atomic E-state index is 0.779. The average Bonchev–Trinajstić information content (AvgIpc) is 2.58. The highest BCUT2D eigenvalue weighted by molar-refractivity contribution is 5.64. The molecule has 0 amide bonds. The van der Waals surface area contributed by atoms with E-state index in [0.717, 1.165) is 23.0 Å². The largest absolute Gasteiger partial charge is 0.340 e. The Morgan fingerprint density at radius 3 is 2.39 bits per heavy atom. The zero-order valence-corrected chi connectivity index (χ0v) is 13.6. The summed E-state index contributed by atoms with van der Waals surface area (Å²) in [7, 11) is 2.00. The Bertz CT molecular complexity index is 799. The molecule has 1 aromatic heterocycles. The lowest BCUT2D eigenvalue weighted by Gasteiger charge is -2.18. The molecule has 4 heteroatoms. The molecule has 0 spiro atoms. The van der Waals surface area contributed by atoms with Gasteiger partial charge in [-0.2, -0.15) is 0 Å². The maximum atomic E-state index is 4.36. The second-order valence-electron chi connectivity index (χ2n) is 5.58. The Morgan fingerprint density at radius 2 is 1.65 bits per heavy atom. The zero-order chi connectivity index (χ0) is 16.2. The third-order valence-electron chi connectivity index (χ3n) is 3.92. The van der Waals surface area contributed by atoms with Gasteiger partial charge in [0.2, 0.25) is 0 Å². The third kappa shape index (κ3) is 3.48. The van der Waals surface area contributed by atoms with Crippen molar-refractivity contribution in [1.29, 1.82) is 0 Å². The van der Waals surface area contributed by atoms with Crippen molar-refractivity contribution in [2.45, 2.75) is 13.8 Å². The van der Waals surface area contributed by atoms with Crippen LogP contribution in [0, 0.1) is 13.8 Å². The van der Waals surface area contributed by atoms with Crippen LogP contribution in [0.5, 0.6) is 0 Å². The van der Waals surface area contributed by atoms with Crippen molar-refractivity contribution in [3.05, 3.63) is 72.1 Å². The lowest BCUT2D eigenvalue weighted by Crippen LogP contribution is -2.11. The molecule has 0 aliphatic heterocycles. The molecule has 1 N–H and O–H groups in total. The fourth-order valence-corrected chi connectivity index (χ4v) is 2.35. The van der Waals surface area contributed by atoms with Crippen molar-refractivity contribution in [1.82, 2.24) is 9.97 Å². The van der Waals surface area contributed by atoms with Crippen LogP contribution in [0.25, 0.3) is 0 Å². The van der Waals surface area contributed by atoms with Gasteiger partial charge in [-0.05, 0) is 49.2 Å². The molecule has 23 heavy (non-hydrogen) atoms. The van der Waals surface area contributed by atoms with Gasteiger partial charge in [-0.1, -0.05) is 24.3 Å². The van der Waals surface area contributed by atoms with Gasteiger partial charge in [-0.15, -0.1) is 0 Å². The number of para-hydroxylation sites is 1. The van der Waals surface area contributed by atoms with Crippen molar-refractivity contribution < 1.29 is 0 Å². The van der Waals surface area contributed by atoms with Crippen molar-refractivity contribution in [3.8, 4) is 0 Å². The van der Waals surface area contributed by atoms with E-state index in [0.29, 0.717) is 0 Å². The van der Waals surface area contributed by atoms with E-state index in [9.17, 15) is 0 Å². The van der Waals surface area contributed by atoms with Gasteiger partial charge in [-0.25, -0.2) is 9.97 Å². The number of hydrogen-bond acceptors (Lipinski definition) is 4. The van der Waals surface area contributed by atoms with Crippen LogP contribution in [0.15, 0.2) is 60.9 Å². The molecule has 0 aliphatic rings. The molecule has 0 bridgehead atoms. The smallest absolute Gasteiger partial charge is 0.138 e. The highest BCUT2D eigenvalue weighted by Gasteiger charge is 2.07. The van der Waals surface area contributed by atoms with E-state index < -0.39 is 0 Å². The average molecular weight is 304 g/mol. The van der Waals surface area contributed by atoms with Gasteiger partial charge < -0.3 is 10.2 Å². The fraction of sp³-hybridized carbons (Fsp3) is 0.158. The fourth-order valence-electron chi connectivity index (χ4n) is 2.35. The van der Waals surface area contributed by atoms with Crippen LogP contribution in [0.1, 0.15) is 11.1 Å². The van der Waals surface area contributed by atoms with E-state index in [1.165, 1.54) is 11.1 Å². The van der Waals surface area contributed by atoms with Crippen LogP contribution in [0.3, 0.4) is 0 Å². The second kappa shape index (κ2) is 6.48. The minimum absolute atomic E-state index is 0.779. The number of hydrogen-bond donors (Lipinski definition) is 1. The topological polar surface area (TPSA) is 41.0 Å². The number of anilines is 4. The zero-order valence-electron chi connectivity index (χ0n) is 13.6. The summed E-state index contributed by atoms with van der Waals surface area (Å²) in [5, 5.41) is 3.34. The number of aryl methyl sites for hydroxylation is 2. The van der Waals surface area contributed by atoms with Crippen molar-refractivity contribution in [3.63, 3.8) is 0 Å². The van der Waals surface area contributed by atoms with Crippen LogP contribution in [0.2, 0.25) is 0 Å². The molecule has 1 heterocycles. The monoisotopic (exact) mass is 304 g/mol. The molecular weight excluding hydrogens is 284 g/mol. The predicted molar refractivity (Wildman–Crippen MR) is 95.7 cm³/mol. The highest BCUT2D eigenvalue weighted by atomic mass is 15.2. The van der Waals surface area contributed by atoms with Gasteiger partial charge in [0.05, 0.1) is 0 Å². The molecule has 0 saturated heterocycles. The van der Waals surface area contributed by atoms with Crippen molar-refractivity contribution in [2.75, 3.05) is 17.3 Å². The van der Waals surface area contributed by atoms with Crippen LogP contribution in [-0.4, -0.2) is 17.0 Å². The van der Waals surface area contributed by atoms with Crippen molar-refractivity contribution >= 4 is 23.0 Å². The van der Waals surface area contributed by atoms with Gasteiger partial charge in [0.25, 0.3) is 0 Å². The number of benzene rings is 2. The number of nitrogens with zero attached hydrogens (tertiary/aromatic N) is 3. The highest BCUT2D eigenvalue weighted by Crippen LogP contribution is 2.24. The summed E-state index contributed by atoms with van der Waals surface area (Å²) in [6, 6.07) is 18.4. The normalized spacial score (nSPS) is 10.4. The van der Waals surface area contributed by atoms with E-state index in [4.69, 9.17) is 0 Å². The molecule has 0 fully saturated rings. The van der Waals surface area contributed by atoms with Gasteiger partial charge in [-0.3, -0.25) is 0 Å². The van der Waals surface area contributed by atoms with E-state index in [1.54, 1.807) is 6.33 Å². The summed E-state index contributed by atoms with van der Waals surface area (Å²) >= 11 is 0. The summed E-state index contributed by atoms with van der Waals surface area (Å²) in [4.78, 5) is 10.7. The van der Waals surface area contributed by atoms with Gasteiger partial charge >= 0.3 is 0 Å². The standard InChI is InChI=1S/C19H20N4/c1-14-9-10-16(11-15(14)2)22-18-12-19(21-13-20-18)23(3)17-7-5-4-6-8-17/h4-13H,1-3H3,(H,20,21,22). The summed E-state index contributed by atoms with van der Waals surface area (Å²) in [5.41, 5.74) is 4.65. The molecule has 3 rings (SSSR count). The molecule has 2 aromatic carbocycles. The summed E-state index contributed by atoms with van der Waals surface area (Å²) < 4.78 is 0. The molecule has 0 aliphatic carbocycles. The maximum Gasteiger partial charge on any atom is 0.138 e. The molecule has 116 valence electrons. The lowest BCUT2D eigenvalue weighted by molar-refractivity contribution is 1.08. The Balaban J connectivity index is 1.83. The van der Waals surface area contributed by atoms with Gasteiger partial charge in [0.15, 0.2) is 0 Å². The minimum Gasteiger partial charge on any atom is -0.340 e. The first kappa shape index (κ1) is 15.0. The van der Waals surface area contributed by atoms with Gasteiger partial charge in [0, 0.05) is 24.5 Å². The van der Waals surface area contributed by atoms with Crippen LogP contribution in [0.4, 0.5) is 23.0 Å². The van der Waals surface area contributed by atoms with E-state index in [-0.39, 0.29) is 0 Å². The predicted octanol–water partition coefficient (Wildman–Crippen LogP) is 4.60. The van der Waals surface area contributed by atoms with Crippen LogP contribution >= 0.6 is 0 Å². The Hall–Kier alpha value is -2.88. The first-order chi connectivity index (χ1) is 11.1. The lowest BCUT2D eigenvalue weighted by atomic mass is 10.1. The van der Waals surface area contributed by atoms with E-state index >= 15 is 0 Å². The molecule has 3 aromatic rings. The molecule has 0 saturated carbocycles. The Labute approximate surface area is 136 Å². The molecule has 4 nitrogen and oxygen atoms in total. The van der Waals surface area contributed by atoms with Gasteiger partial charge in [0.1, 0.15) is 18.0 Å². The quantitative estimate of drug-likeness (QED) is 0.764.